The van der Waals surface area contributed by atoms with Crippen molar-refractivity contribution in [1.82, 2.24) is 0 Å². The van der Waals surface area contributed by atoms with Gasteiger partial charge in [0.25, 0.3) is 10.1 Å². The smallest absolute Gasteiger partial charge is 0.324 e. The van der Waals surface area contributed by atoms with Crippen LogP contribution in [0.2, 0.25) is 0 Å². The Balaban J connectivity index is 0.00000264. The van der Waals surface area contributed by atoms with Crippen molar-refractivity contribution in [3.05, 3.63) is 71.8 Å². The second-order valence-electron chi connectivity index (χ2n) is 4.86. The molecule has 0 saturated carbocycles. The van der Waals surface area contributed by atoms with Crippen molar-refractivity contribution < 1.29 is 32.0 Å². The Hall–Kier alpha value is -1.57. The van der Waals surface area contributed by atoms with Crippen molar-refractivity contribution in [3.63, 3.8) is 0 Å². The van der Waals surface area contributed by atoms with E-state index >= 15 is 0 Å². The van der Waals surface area contributed by atoms with Gasteiger partial charge in [0.15, 0.2) is 4.75 Å². The van der Waals surface area contributed by atoms with Crippen molar-refractivity contribution in [2.24, 2.45) is 0 Å². The van der Waals surface area contributed by atoms with Crippen LogP contribution in [0.1, 0.15) is 11.1 Å². The van der Waals surface area contributed by atoms with Gasteiger partial charge in [-0.15, -0.1) is 0 Å². The highest BCUT2D eigenvalue weighted by Crippen LogP contribution is 2.49. The van der Waals surface area contributed by atoms with Crippen LogP contribution in [-0.2, 0) is 19.4 Å². The van der Waals surface area contributed by atoms with E-state index in [-0.39, 0.29) is 15.8 Å². The van der Waals surface area contributed by atoms with Crippen LogP contribution in [0.5, 0.6) is 0 Å². The largest absolute Gasteiger partial charge is 0.327 e. The summed E-state index contributed by atoms with van der Waals surface area (Å²) in [5.41, 5.74) is 0.180. The average Bonchev–Trinajstić information content (AvgIpc) is 2.44. The van der Waals surface area contributed by atoms with Crippen LogP contribution in [0, 0.1) is 0 Å². The van der Waals surface area contributed by atoms with Crippen LogP contribution < -0.4 is 0 Å². The zero-order valence-electron chi connectivity index (χ0n) is 11.8. The third-order valence-corrected chi connectivity index (χ3v) is 5.95. The summed E-state index contributed by atoms with van der Waals surface area (Å²) in [5.74, 6) is 0. The predicted molar refractivity (Wildman–Crippen MR) is 84.6 cm³/mol. The molecule has 0 atom stereocenters. The van der Waals surface area contributed by atoms with E-state index in [9.17, 15) is 27.3 Å². The normalized spacial score (nSPS) is 12.5. The molecule has 2 aromatic carbocycles. The number of hydrogen-bond acceptors (Lipinski definition) is 3. The molecule has 23 heavy (non-hydrogen) atoms. The Morgan fingerprint density at radius 2 is 1.22 bits per heavy atom. The van der Waals surface area contributed by atoms with Crippen molar-refractivity contribution in [3.8, 4) is 0 Å². The van der Waals surface area contributed by atoms with Crippen molar-refractivity contribution in [2.75, 3.05) is 6.16 Å². The summed E-state index contributed by atoms with van der Waals surface area (Å²) < 4.78 is 43.4. The molecule has 0 aliphatic carbocycles. The van der Waals surface area contributed by atoms with Gasteiger partial charge in [-0.3, -0.25) is 13.8 Å². The summed E-state index contributed by atoms with van der Waals surface area (Å²) in [5, 5.41) is 0. The first kappa shape index (κ1) is 19.5. The van der Waals surface area contributed by atoms with Gasteiger partial charge in [-0.25, -0.2) is 0 Å². The lowest BCUT2D eigenvalue weighted by Gasteiger charge is -2.31. The van der Waals surface area contributed by atoms with E-state index in [0.717, 1.165) is 0 Å². The summed E-state index contributed by atoms with van der Waals surface area (Å²) >= 11 is 0. The highest BCUT2D eigenvalue weighted by Gasteiger charge is 2.50. The maximum Gasteiger partial charge on any atom is 0.327 e. The minimum absolute atomic E-state index is 0. The van der Waals surface area contributed by atoms with Crippen LogP contribution >= 0.6 is 7.60 Å². The lowest BCUT2D eigenvalue weighted by Crippen LogP contribution is -2.40. The maximum atomic E-state index is 12.1. The topological polar surface area (TPSA) is 112 Å². The molecule has 0 spiro atoms. The Kier molecular flexibility index (Phi) is 5.84. The quantitative estimate of drug-likeness (QED) is 0.555. The van der Waals surface area contributed by atoms with Gasteiger partial charge < -0.3 is 9.79 Å². The molecule has 0 heterocycles. The Morgan fingerprint density at radius 1 is 0.870 bits per heavy atom. The molecule has 0 radical (unpaired) electrons. The van der Waals surface area contributed by atoms with E-state index in [0.29, 0.717) is 0 Å². The van der Waals surface area contributed by atoms with E-state index < -0.39 is 28.6 Å². The molecule has 9 heteroatoms. The highest BCUT2D eigenvalue weighted by molar-refractivity contribution is 7.87. The van der Waals surface area contributed by atoms with E-state index in [1.54, 1.807) is 12.1 Å². The van der Waals surface area contributed by atoms with Gasteiger partial charge >= 0.3 is 7.60 Å². The lowest BCUT2D eigenvalue weighted by molar-refractivity contribution is 0.363. The second kappa shape index (κ2) is 6.90. The third kappa shape index (κ3) is 4.04. The molecule has 0 saturated heterocycles. The molecule has 126 valence electrons. The molecule has 0 bridgehead atoms. The average molecular weight is 362 g/mol. The minimum Gasteiger partial charge on any atom is -0.324 e. The SMILES string of the molecule is F.O=P(O)(O)CC(c1ccccc1)(c1ccccc1)S(=O)(=O)O. The van der Waals surface area contributed by atoms with Crippen LogP contribution in [0.15, 0.2) is 60.7 Å². The molecular formula is C14H16FO6PS. The highest BCUT2D eigenvalue weighted by atomic mass is 32.2. The fourth-order valence-electron chi connectivity index (χ4n) is 2.43. The minimum atomic E-state index is -4.86. The number of benzene rings is 2. The Bertz CT molecular complexity index is 749. The Labute approximate surface area is 133 Å². The number of rotatable bonds is 5. The van der Waals surface area contributed by atoms with Crippen molar-refractivity contribution >= 4 is 17.7 Å². The lowest BCUT2D eigenvalue weighted by atomic mass is 9.92. The summed E-state index contributed by atoms with van der Waals surface area (Å²) in [7, 11) is -9.61. The van der Waals surface area contributed by atoms with Crippen LogP contribution in [-0.4, -0.2) is 28.9 Å². The standard InChI is InChI=1S/C14H15O6PS.FH/c15-21(16,17)11-14(22(18,19)20,12-7-3-1-4-8-12)13-9-5-2-6-10-13;/h1-10H,11H2,(H2,15,16,17)(H,18,19,20);1H. The maximum absolute atomic E-state index is 12.1. The number of hydrogen-bond donors (Lipinski definition) is 3. The molecule has 0 aliphatic heterocycles. The molecule has 2 rings (SSSR count). The van der Waals surface area contributed by atoms with E-state index in [1.807, 2.05) is 0 Å². The van der Waals surface area contributed by atoms with Gasteiger partial charge in [0.2, 0.25) is 0 Å². The fraction of sp³-hybridized carbons (Fsp3) is 0.143. The van der Waals surface area contributed by atoms with Crippen LogP contribution in [0.3, 0.4) is 0 Å². The first-order valence-corrected chi connectivity index (χ1v) is 9.53. The molecule has 2 aromatic rings. The monoisotopic (exact) mass is 362 g/mol. The third-order valence-electron chi connectivity index (χ3n) is 3.35. The van der Waals surface area contributed by atoms with E-state index in [1.165, 1.54) is 48.5 Å². The number of halogens is 1. The molecule has 0 unspecified atom stereocenters. The molecule has 0 fully saturated rings. The van der Waals surface area contributed by atoms with Gasteiger partial charge in [-0.2, -0.15) is 8.42 Å². The fourth-order valence-corrected chi connectivity index (χ4v) is 5.40. The van der Waals surface area contributed by atoms with Gasteiger partial charge in [-0.05, 0) is 11.1 Å². The predicted octanol–water partition coefficient (Wildman–Crippen LogP) is 2.15. The summed E-state index contributed by atoms with van der Waals surface area (Å²) in [6.45, 7) is 0. The summed E-state index contributed by atoms with van der Waals surface area (Å²) in [6.07, 6.45) is -1.05. The molecule has 6 nitrogen and oxygen atoms in total. The van der Waals surface area contributed by atoms with Crippen LogP contribution in [0.4, 0.5) is 4.70 Å². The molecule has 0 aliphatic rings. The Morgan fingerprint density at radius 3 is 1.48 bits per heavy atom. The molecular weight excluding hydrogens is 346 g/mol. The zero-order chi connectivity index (χ0) is 16.4. The second-order valence-corrected chi connectivity index (χ2v) is 8.15. The van der Waals surface area contributed by atoms with Crippen LogP contribution in [0.25, 0.3) is 0 Å². The van der Waals surface area contributed by atoms with Gasteiger partial charge in [0.1, 0.15) is 0 Å². The molecule has 0 aromatic heterocycles. The van der Waals surface area contributed by atoms with Crippen molar-refractivity contribution in [2.45, 2.75) is 4.75 Å². The van der Waals surface area contributed by atoms with Crippen molar-refractivity contribution in [1.29, 1.82) is 0 Å². The molecule has 3 N–H and O–H groups in total. The van der Waals surface area contributed by atoms with E-state index in [4.69, 9.17) is 0 Å². The van der Waals surface area contributed by atoms with Gasteiger partial charge in [0, 0.05) is 0 Å². The first-order chi connectivity index (χ1) is 10.2. The zero-order valence-corrected chi connectivity index (χ0v) is 13.5. The summed E-state index contributed by atoms with van der Waals surface area (Å²) in [4.78, 5) is 18.7. The van der Waals surface area contributed by atoms with Gasteiger partial charge in [-0.1, -0.05) is 60.7 Å². The first-order valence-electron chi connectivity index (χ1n) is 6.29. The van der Waals surface area contributed by atoms with Gasteiger partial charge in [0.05, 0.1) is 6.16 Å². The summed E-state index contributed by atoms with van der Waals surface area (Å²) in [6, 6.07) is 15.1. The van der Waals surface area contributed by atoms with E-state index in [2.05, 4.69) is 0 Å². The molecule has 0 amide bonds.